The number of nitrogens with zero attached hydrogens (tertiary/aromatic N) is 1. The van der Waals surface area contributed by atoms with Crippen molar-refractivity contribution in [2.45, 2.75) is 51.0 Å². The number of phenolic OH excluding ortho intramolecular Hbond substituents is 1. The van der Waals surface area contributed by atoms with Gasteiger partial charge >= 0.3 is 0 Å². The molecule has 0 bridgehead atoms. The maximum atomic E-state index is 13.8. The number of aromatic hydroxyl groups is 1. The molecule has 5 atom stereocenters. The van der Waals surface area contributed by atoms with Crippen LogP contribution in [0.2, 0.25) is 0 Å². The van der Waals surface area contributed by atoms with Crippen molar-refractivity contribution in [1.82, 2.24) is 0 Å². The molecule has 182 valence electrons. The fourth-order valence-corrected chi connectivity index (χ4v) is 5.99. The molecule has 0 saturated heterocycles. The molecule has 4 N–H and O–H groups in total. The number of aliphatic hydroxyl groups is 1. The first-order chi connectivity index (χ1) is 15.6. The molecule has 0 heterocycles. The van der Waals surface area contributed by atoms with Crippen molar-refractivity contribution in [2.24, 2.45) is 29.4 Å². The normalized spacial score (nSPS) is 31.0. The van der Waals surface area contributed by atoms with E-state index < -0.39 is 63.7 Å². The Morgan fingerprint density at radius 3 is 2.26 bits per heavy atom. The van der Waals surface area contributed by atoms with E-state index >= 15 is 0 Å². The van der Waals surface area contributed by atoms with Crippen LogP contribution in [0.4, 0.5) is 5.69 Å². The van der Waals surface area contributed by atoms with Gasteiger partial charge in [-0.15, -0.1) is 0 Å². The van der Waals surface area contributed by atoms with Crippen molar-refractivity contribution in [3.63, 3.8) is 0 Å². The van der Waals surface area contributed by atoms with Crippen LogP contribution in [0, 0.1) is 23.7 Å². The number of benzene rings is 1. The number of primary amides is 1. The van der Waals surface area contributed by atoms with Crippen LogP contribution < -0.4 is 10.6 Å². The number of fused-ring (bicyclic) bond motifs is 3. The van der Waals surface area contributed by atoms with Gasteiger partial charge < -0.3 is 20.8 Å². The molecule has 34 heavy (non-hydrogen) atoms. The molecule has 1 amide bonds. The predicted molar refractivity (Wildman–Crippen MR) is 122 cm³/mol. The van der Waals surface area contributed by atoms with Crippen LogP contribution in [0.15, 0.2) is 6.07 Å². The van der Waals surface area contributed by atoms with Crippen LogP contribution in [0.25, 0.3) is 0 Å². The molecule has 1 aromatic carbocycles. The smallest absolute Gasteiger partial charge is 0.235 e. The second-order valence-electron chi connectivity index (χ2n) is 11.0. The second-order valence-corrected chi connectivity index (χ2v) is 11.0. The molecule has 0 aliphatic heterocycles. The molecular weight excluding hydrogens is 440 g/mol. The Kier molecular flexibility index (Phi) is 5.28. The summed E-state index contributed by atoms with van der Waals surface area (Å²) >= 11 is 0. The summed E-state index contributed by atoms with van der Waals surface area (Å²) in [5.41, 5.74) is 3.97. The number of anilines is 1. The summed E-state index contributed by atoms with van der Waals surface area (Å²) in [6, 6.07) is 1.84. The Balaban J connectivity index is 1.88. The summed E-state index contributed by atoms with van der Waals surface area (Å²) < 4.78 is 0. The van der Waals surface area contributed by atoms with E-state index in [0.29, 0.717) is 11.1 Å². The summed E-state index contributed by atoms with van der Waals surface area (Å²) in [7, 11) is 3.64. The second kappa shape index (κ2) is 7.46. The predicted octanol–water partition coefficient (Wildman–Crippen LogP) is 0.690. The van der Waals surface area contributed by atoms with Crippen LogP contribution in [-0.4, -0.2) is 58.9 Å². The SMILES string of the molecule is CN(C)c1cc(C(C)(C)C)c(O)c2c1C[C@H]1C[C@H]3CC(=O)C(C(N)=O)C(=O)[C@@]3(O)C(=O)C1C2=O. The number of nitrogens with two attached hydrogens (primary N) is 1. The number of carbonyl (C=O) groups excluding carboxylic acids is 5. The van der Waals surface area contributed by atoms with E-state index in [1.54, 1.807) is 0 Å². The lowest BCUT2D eigenvalue weighted by molar-refractivity contribution is -0.175. The number of ketones is 4. The molecule has 2 fully saturated rings. The lowest BCUT2D eigenvalue weighted by atomic mass is 9.53. The fourth-order valence-electron chi connectivity index (χ4n) is 5.99. The van der Waals surface area contributed by atoms with Gasteiger partial charge in [-0.05, 0) is 35.8 Å². The van der Waals surface area contributed by atoms with Gasteiger partial charge in [0.2, 0.25) is 5.91 Å². The molecule has 3 aliphatic rings. The zero-order valence-electron chi connectivity index (χ0n) is 20.0. The number of rotatable bonds is 2. The Labute approximate surface area is 197 Å². The Morgan fingerprint density at radius 1 is 1.12 bits per heavy atom. The van der Waals surface area contributed by atoms with Crippen LogP contribution in [0.1, 0.15) is 55.1 Å². The van der Waals surface area contributed by atoms with Crippen molar-refractivity contribution in [3.8, 4) is 5.75 Å². The summed E-state index contributed by atoms with van der Waals surface area (Å²) in [5, 5.41) is 22.4. The number of hydrogen-bond acceptors (Lipinski definition) is 8. The Morgan fingerprint density at radius 2 is 1.74 bits per heavy atom. The first kappa shape index (κ1) is 24.1. The van der Waals surface area contributed by atoms with Gasteiger partial charge in [0, 0.05) is 37.7 Å². The Bertz CT molecular complexity index is 1160. The standard InChI is InChI=1S/C25H30N2O7/c1-24(2,3)13-9-14(27(4)5)12-7-10-6-11-8-15(28)18(23(26)33)22(32)25(11,34)21(31)16(10)20(30)17(12)19(13)29/h9-11,16,18,29,34H,6-8H2,1-5H3,(H2,26,33)/t10-,11+,16?,18?,25+/m1/s1. The third-order valence-electron chi connectivity index (χ3n) is 7.67. The average molecular weight is 471 g/mol. The van der Waals surface area contributed by atoms with Crippen molar-refractivity contribution in [3.05, 3.63) is 22.8 Å². The number of carbonyl (C=O) groups is 5. The molecule has 9 heteroatoms. The van der Waals surface area contributed by atoms with Gasteiger partial charge in [0.1, 0.15) is 5.75 Å². The van der Waals surface area contributed by atoms with Crippen molar-refractivity contribution in [2.75, 3.05) is 19.0 Å². The van der Waals surface area contributed by atoms with Gasteiger partial charge in [0.25, 0.3) is 0 Å². The molecule has 1 aromatic rings. The van der Waals surface area contributed by atoms with Gasteiger partial charge in [0.05, 0.1) is 11.5 Å². The highest BCUT2D eigenvalue weighted by Gasteiger charge is 2.66. The Hall–Kier alpha value is -3.07. The van der Waals surface area contributed by atoms with Gasteiger partial charge in [0.15, 0.2) is 34.7 Å². The first-order valence-electron chi connectivity index (χ1n) is 11.4. The number of amides is 1. The van der Waals surface area contributed by atoms with Crippen LogP contribution in [0.3, 0.4) is 0 Å². The van der Waals surface area contributed by atoms with E-state index in [0.717, 1.165) is 5.69 Å². The van der Waals surface area contributed by atoms with E-state index in [2.05, 4.69) is 0 Å². The molecule has 9 nitrogen and oxygen atoms in total. The van der Waals surface area contributed by atoms with E-state index in [1.165, 1.54) is 0 Å². The monoisotopic (exact) mass is 470 g/mol. The topological polar surface area (TPSA) is 155 Å². The lowest BCUT2D eigenvalue weighted by Crippen LogP contribution is -2.68. The molecule has 0 spiro atoms. The average Bonchev–Trinajstić information content (AvgIpc) is 2.69. The fraction of sp³-hybridized carbons (Fsp3) is 0.560. The summed E-state index contributed by atoms with van der Waals surface area (Å²) in [4.78, 5) is 66.4. The van der Waals surface area contributed by atoms with E-state index in [9.17, 15) is 34.2 Å². The zero-order chi connectivity index (χ0) is 25.5. The van der Waals surface area contributed by atoms with Crippen molar-refractivity contribution < 1.29 is 34.2 Å². The number of hydrogen-bond donors (Lipinski definition) is 3. The van der Waals surface area contributed by atoms with Gasteiger partial charge in [-0.2, -0.15) is 0 Å². The molecule has 0 aromatic heterocycles. The summed E-state index contributed by atoms with van der Waals surface area (Å²) in [6.07, 6.45) is -0.00646. The summed E-state index contributed by atoms with van der Waals surface area (Å²) in [5.74, 6) is -9.93. The molecular formula is C25H30N2O7. The number of Topliss-reactive ketones (excluding diaryl/α,β-unsaturated/α-hetero) is 4. The minimum Gasteiger partial charge on any atom is -0.507 e. The maximum Gasteiger partial charge on any atom is 0.235 e. The van der Waals surface area contributed by atoms with E-state index in [4.69, 9.17) is 5.73 Å². The largest absolute Gasteiger partial charge is 0.507 e. The third kappa shape index (κ3) is 3.13. The van der Waals surface area contributed by atoms with Gasteiger partial charge in [-0.3, -0.25) is 24.0 Å². The van der Waals surface area contributed by atoms with Crippen molar-refractivity contribution >= 4 is 34.7 Å². The molecule has 2 unspecified atom stereocenters. The maximum absolute atomic E-state index is 13.8. The quantitative estimate of drug-likeness (QED) is 0.533. The van der Waals surface area contributed by atoms with E-state index in [1.807, 2.05) is 45.8 Å². The molecule has 2 saturated carbocycles. The highest BCUT2D eigenvalue weighted by atomic mass is 16.3. The minimum absolute atomic E-state index is 0.0264. The highest BCUT2D eigenvalue weighted by Crippen LogP contribution is 2.52. The summed E-state index contributed by atoms with van der Waals surface area (Å²) in [6.45, 7) is 5.68. The zero-order valence-corrected chi connectivity index (χ0v) is 20.0. The van der Waals surface area contributed by atoms with E-state index in [-0.39, 0.29) is 30.6 Å². The van der Waals surface area contributed by atoms with Crippen LogP contribution in [-0.2, 0) is 31.0 Å². The van der Waals surface area contributed by atoms with Crippen LogP contribution in [0.5, 0.6) is 5.75 Å². The third-order valence-corrected chi connectivity index (χ3v) is 7.67. The lowest BCUT2D eigenvalue weighted by Gasteiger charge is -2.49. The van der Waals surface area contributed by atoms with Gasteiger partial charge in [-0.25, -0.2) is 0 Å². The number of phenols is 1. The van der Waals surface area contributed by atoms with Crippen LogP contribution >= 0.6 is 0 Å². The minimum atomic E-state index is -2.64. The van der Waals surface area contributed by atoms with Gasteiger partial charge in [-0.1, -0.05) is 20.8 Å². The first-order valence-corrected chi connectivity index (χ1v) is 11.4. The molecule has 4 rings (SSSR count). The molecule has 3 aliphatic carbocycles. The highest BCUT2D eigenvalue weighted by molar-refractivity contribution is 6.31. The molecule has 0 radical (unpaired) electrons. The van der Waals surface area contributed by atoms with Crippen molar-refractivity contribution in [1.29, 1.82) is 0 Å².